The van der Waals surface area contributed by atoms with E-state index in [9.17, 15) is 24.6 Å². The van der Waals surface area contributed by atoms with E-state index in [1.807, 2.05) is 24.3 Å². The number of fused-ring (bicyclic) bond motifs is 1. The second-order valence-corrected chi connectivity index (χ2v) is 6.90. The number of nitrogens with two attached hydrogens (primary N) is 1. The molecule has 0 radical (unpaired) electrons. The molecule has 0 spiro atoms. The summed E-state index contributed by atoms with van der Waals surface area (Å²) in [5.74, 6) is -3.49. The van der Waals surface area contributed by atoms with Crippen LogP contribution in [0.2, 0.25) is 0 Å². The van der Waals surface area contributed by atoms with Gasteiger partial charge < -0.3 is 36.7 Å². The molecule has 158 valence electrons. The number of aliphatic hydroxyl groups excluding tert-OH is 2. The smallest absolute Gasteiger partial charge is 0.326 e. The summed E-state index contributed by atoms with van der Waals surface area (Å²) in [4.78, 5) is 39.4. The van der Waals surface area contributed by atoms with Crippen molar-refractivity contribution < 1.29 is 29.7 Å². The van der Waals surface area contributed by atoms with Gasteiger partial charge in [-0.05, 0) is 11.6 Å². The molecule has 0 aliphatic heterocycles. The molecule has 1 heterocycles. The van der Waals surface area contributed by atoms with Crippen LogP contribution in [0.5, 0.6) is 0 Å². The molecular weight excluding hydrogens is 380 g/mol. The van der Waals surface area contributed by atoms with Crippen LogP contribution in [0.3, 0.4) is 0 Å². The van der Waals surface area contributed by atoms with Gasteiger partial charge >= 0.3 is 5.97 Å². The molecule has 1 aromatic carbocycles. The van der Waals surface area contributed by atoms with Crippen LogP contribution in [0.4, 0.5) is 0 Å². The first-order valence-corrected chi connectivity index (χ1v) is 9.14. The highest BCUT2D eigenvalue weighted by Crippen LogP contribution is 2.19. The molecule has 8 N–H and O–H groups in total. The van der Waals surface area contributed by atoms with Crippen LogP contribution < -0.4 is 16.4 Å². The molecule has 2 rings (SSSR count). The number of carboxylic acids is 1. The Morgan fingerprint density at radius 1 is 1.10 bits per heavy atom. The van der Waals surface area contributed by atoms with Gasteiger partial charge in [-0.3, -0.25) is 9.59 Å². The van der Waals surface area contributed by atoms with Crippen LogP contribution in [0.25, 0.3) is 10.9 Å². The predicted molar refractivity (Wildman–Crippen MR) is 105 cm³/mol. The fourth-order valence-electron chi connectivity index (χ4n) is 2.90. The maximum Gasteiger partial charge on any atom is 0.326 e. The Morgan fingerprint density at radius 2 is 1.79 bits per heavy atom. The highest BCUT2D eigenvalue weighted by Gasteiger charge is 2.31. The number of rotatable bonds is 10. The number of aromatic nitrogens is 1. The molecule has 0 unspecified atom stereocenters. The fraction of sp³-hybridized carbons (Fsp3) is 0.421. The zero-order chi connectivity index (χ0) is 21.6. The lowest BCUT2D eigenvalue weighted by atomic mass is 10.00. The summed E-state index contributed by atoms with van der Waals surface area (Å²) in [6, 6.07) is 3.67. The highest BCUT2D eigenvalue weighted by atomic mass is 16.4. The summed E-state index contributed by atoms with van der Waals surface area (Å²) < 4.78 is 0. The fourth-order valence-corrected chi connectivity index (χ4v) is 2.90. The van der Waals surface area contributed by atoms with E-state index >= 15 is 0 Å². The van der Waals surface area contributed by atoms with Gasteiger partial charge in [-0.15, -0.1) is 0 Å². The van der Waals surface area contributed by atoms with Crippen molar-refractivity contribution in [3.8, 4) is 0 Å². The van der Waals surface area contributed by atoms with Crippen molar-refractivity contribution in [2.75, 3.05) is 13.2 Å². The van der Waals surface area contributed by atoms with Crippen molar-refractivity contribution in [2.24, 2.45) is 11.7 Å². The zero-order valence-electron chi connectivity index (χ0n) is 16.0. The number of aromatic amines is 1. The predicted octanol–water partition coefficient (Wildman–Crippen LogP) is -1.29. The first-order valence-electron chi connectivity index (χ1n) is 9.14. The molecule has 4 atom stereocenters. The number of aliphatic hydroxyl groups is 2. The summed E-state index contributed by atoms with van der Waals surface area (Å²) in [5.41, 5.74) is 7.00. The number of nitrogens with one attached hydrogen (secondary N) is 3. The maximum absolute atomic E-state index is 12.7. The van der Waals surface area contributed by atoms with Gasteiger partial charge in [0.25, 0.3) is 0 Å². The average Bonchev–Trinajstić information content (AvgIpc) is 3.12. The SMILES string of the molecule is C[C@H](CO)[C@@H](NC(=O)[C@@H](N)CO)C(=O)N[C@@H](Cc1c[nH]c2ccccc12)C(=O)O. The molecule has 0 aliphatic rings. The number of amides is 2. The number of H-pyrrole nitrogens is 1. The minimum Gasteiger partial charge on any atom is -0.480 e. The van der Waals surface area contributed by atoms with Gasteiger partial charge in [0.2, 0.25) is 11.8 Å². The molecular formula is C19H26N4O6. The Bertz CT molecular complexity index is 867. The van der Waals surface area contributed by atoms with E-state index in [4.69, 9.17) is 10.8 Å². The van der Waals surface area contributed by atoms with Crippen LogP contribution in [-0.2, 0) is 20.8 Å². The second kappa shape index (κ2) is 10.0. The lowest BCUT2D eigenvalue weighted by molar-refractivity contribution is -0.142. The van der Waals surface area contributed by atoms with E-state index in [0.717, 1.165) is 10.9 Å². The van der Waals surface area contributed by atoms with Crippen LogP contribution in [0.15, 0.2) is 30.5 Å². The van der Waals surface area contributed by atoms with Crippen molar-refractivity contribution in [3.05, 3.63) is 36.0 Å². The zero-order valence-corrected chi connectivity index (χ0v) is 16.0. The largest absolute Gasteiger partial charge is 0.480 e. The molecule has 10 heteroatoms. The first-order chi connectivity index (χ1) is 13.8. The molecule has 0 saturated carbocycles. The molecule has 10 nitrogen and oxygen atoms in total. The summed E-state index contributed by atoms with van der Waals surface area (Å²) in [6.07, 6.45) is 1.71. The monoisotopic (exact) mass is 406 g/mol. The third-order valence-corrected chi connectivity index (χ3v) is 4.68. The van der Waals surface area contributed by atoms with E-state index in [2.05, 4.69) is 15.6 Å². The lowest BCUT2D eigenvalue weighted by Gasteiger charge is -2.26. The number of hydrogen-bond donors (Lipinski definition) is 7. The number of hydrogen-bond acceptors (Lipinski definition) is 6. The number of carbonyl (C=O) groups excluding carboxylic acids is 2. The number of benzene rings is 1. The second-order valence-electron chi connectivity index (χ2n) is 6.90. The van der Waals surface area contributed by atoms with Gasteiger partial charge in [0.05, 0.1) is 6.61 Å². The third-order valence-electron chi connectivity index (χ3n) is 4.68. The van der Waals surface area contributed by atoms with Crippen LogP contribution in [0, 0.1) is 5.92 Å². The topological polar surface area (TPSA) is 178 Å². The summed E-state index contributed by atoms with van der Waals surface area (Å²) in [5, 5.41) is 33.6. The van der Waals surface area contributed by atoms with Crippen molar-refractivity contribution in [1.82, 2.24) is 15.6 Å². The van der Waals surface area contributed by atoms with Gasteiger partial charge in [0.1, 0.15) is 18.1 Å². The molecule has 0 aliphatic carbocycles. The molecule has 0 bridgehead atoms. The van der Waals surface area contributed by atoms with E-state index in [0.29, 0.717) is 5.56 Å². The summed E-state index contributed by atoms with van der Waals surface area (Å²) in [6.45, 7) is 0.476. The Hall–Kier alpha value is -2.95. The standard InChI is InChI=1S/C19H26N4O6/c1-10(8-24)16(23-17(26)13(20)9-25)18(27)22-15(19(28)29)6-11-7-21-14-5-3-2-4-12(11)14/h2-5,7,10,13,15-16,21,24-25H,6,8-9,20H2,1H3,(H,22,27)(H,23,26)(H,28,29)/t10-,13+,15+,16-/m1/s1. The van der Waals surface area contributed by atoms with Crippen LogP contribution in [-0.4, -0.2) is 69.4 Å². The molecule has 2 amide bonds. The summed E-state index contributed by atoms with van der Waals surface area (Å²) >= 11 is 0. The van der Waals surface area contributed by atoms with Crippen LogP contribution >= 0.6 is 0 Å². The molecule has 0 fully saturated rings. The number of aliphatic carboxylic acids is 1. The maximum atomic E-state index is 12.7. The van der Waals surface area contributed by atoms with Crippen molar-refractivity contribution in [2.45, 2.75) is 31.5 Å². The van der Waals surface area contributed by atoms with Crippen molar-refractivity contribution in [1.29, 1.82) is 0 Å². The lowest BCUT2D eigenvalue weighted by Crippen LogP contribution is -2.58. The molecule has 2 aromatic rings. The number of carboxylic acid groups (broad SMARTS) is 1. The molecule has 29 heavy (non-hydrogen) atoms. The first kappa shape index (κ1) is 22.3. The Kier molecular flexibility index (Phi) is 7.71. The van der Waals surface area contributed by atoms with Gasteiger partial charge in [0, 0.05) is 36.0 Å². The van der Waals surface area contributed by atoms with E-state index in [1.165, 1.54) is 6.92 Å². The minimum absolute atomic E-state index is 0.0232. The quantitative estimate of drug-likeness (QED) is 0.257. The van der Waals surface area contributed by atoms with Gasteiger partial charge in [-0.2, -0.15) is 0 Å². The van der Waals surface area contributed by atoms with Crippen molar-refractivity contribution >= 4 is 28.7 Å². The Balaban J connectivity index is 2.17. The van der Waals surface area contributed by atoms with E-state index < -0.39 is 55.0 Å². The van der Waals surface area contributed by atoms with Gasteiger partial charge in [-0.25, -0.2) is 4.79 Å². The van der Waals surface area contributed by atoms with Crippen LogP contribution in [0.1, 0.15) is 12.5 Å². The number of para-hydroxylation sites is 1. The van der Waals surface area contributed by atoms with Gasteiger partial charge in [-0.1, -0.05) is 25.1 Å². The Labute approximate surface area is 167 Å². The minimum atomic E-state index is -1.25. The number of carbonyl (C=O) groups is 3. The highest BCUT2D eigenvalue weighted by molar-refractivity contribution is 5.92. The molecule has 1 aromatic heterocycles. The van der Waals surface area contributed by atoms with E-state index in [-0.39, 0.29) is 6.42 Å². The Morgan fingerprint density at radius 3 is 2.41 bits per heavy atom. The third kappa shape index (κ3) is 5.53. The van der Waals surface area contributed by atoms with Crippen molar-refractivity contribution in [3.63, 3.8) is 0 Å². The molecule has 0 saturated heterocycles. The summed E-state index contributed by atoms with van der Waals surface area (Å²) in [7, 11) is 0. The normalized spacial score (nSPS) is 15.3. The van der Waals surface area contributed by atoms with E-state index in [1.54, 1.807) is 6.20 Å². The van der Waals surface area contributed by atoms with Gasteiger partial charge in [0.15, 0.2) is 0 Å². The average molecular weight is 406 g/mol.